The number of halogens is 1. The van der Waals surface area contributed by atoms with Crippen LogP contribution in [0.15, 0.2) is 28.7 Å². The second-order valence-corrected chi connectivity index (χ2v) is 9.17. The summed E-state index contributed by atoms with van der Waals surface area (Å²) in [6.45, 7) is 0. The predicted molar refractivity (Wildman–Crippen MR) is 89.4 cm³/mol. The third kappa shape index (κ3) is 2.76. The third-order valence-electron chi connectivity index (χ3n) is 4.03. The van der Waals surface area contributed by atoms with E-state index in [1.165, 1.54) is 11.6 Å². The maximum Gasteiger partial charge on any atom is 0.250 e. The fraction of sp³-hybridized carbons (Fsp3) is 0.286. The second-order valence-electron chi connectivity index (χ2n) is 5.51. The van der Waals surface area contributed by atoms with E-state index in [-0.39, 0.29) is 10.3 Å². The Labute approximate surface area is 141 Å². The summed E-state index contributed by atoms with van der Waals surface area (Å²) in [6, 6.07) is 2.98. The zero-order valence-corrected chi connectivity index (χ0v) is 14.3. The second kappa shape index (κ2) is 5.55. The maximum atomic E-state index is 12.4. The molecule has 9 heteroatoms. The number of aryl methyl sites for hydroxylation is 1. The SMILES string of the molecule is O=S(=O)(NC1CCc2c(cnc3[nH]ncc23)C1)c1ccc(Cl)s1. The van der Waals surface area contributed by atoms with Gasteiger partial charge in [0.25, 0.3) is 0 Å². The van der Waals surface area contributed by atoms with Gasteiger partial charge in [-0.25, -0.2) is 18.1 Å². The van der Waals surface area contributed by atoms with E-state index in [4.69, 9.17) is 11.6 Å². The van der Waals surface area contributed by atoms with Gasteiger partial charge in [0.2, 0.25) is 10.0 Å². The molecule has 1 unspecified atom stereocenters. The Balaban J connectivity index is 1.58. The molecule has 0 aliphatic heterocycles. The molecule has 0 spiro atoms. The predicted octanol–water partition coefficient (Wildman–Crippen LogP) is 2.51. The zero-order chi connectivity index (χ0) is 16.0. The summed E-state index contributed by atoms with van der Waals surface area (Å²) in [7, 11) is -3.53. The number of aromatic nitrogens is 3. The van der Waals surface area contributed by atoms with Crippen molar-refractivity contribution in [1.29, 1.82) is 0 Å². The molecule has 1 aliphatic carbocycles. The van der Waals surface area contributed by atoms with Crippen LogP contribution in [0, 0.1) is 0 Å². The standard InChI is InChI=1S/C14H13ClN4O2S2/c15-12-3-4-13(22-12)23(20,21)19-9-1-2-10-8(5-9)6-16-14-11(10)7-17-18-14/h3-4,6-7,9,19H,1-2,5H2,(H,16,17,18). The fourth-order valence-corrected chi connectivity index (χ4v) is 5.74. The Bertz CT molecular complexity index is 980. The minimum Gasteiger partial charge on any atom is -0.261 e. The van der Waals surface area contributed by atoms with E-state index in [1.54, 1.807) is 18.5 Å². The van der Waals surface area contributed by atoms with Gasteiger partial charge in [-0.1, -0.05) is 11.6 Å². The minimum absolute atomic E-state index is 0.139. The lowest BCUT2D eigenvalue weighted by Crippen LogP contribution is -2.38. The molecule has 0 radical (unpaired) electrons. The van der Waals surface area contributed by atoms with Crippen LogP contribution >= 0.6 is 22.9 Å². The first-order chi connectivity index (χ1) is 11.0. The fourth-order valence-electron chi connectivity index (χ4n) is 2.97. The summed E-state index contributed by atoms with van der Waals surface area (Å²) in [4.78, 5) is 4.34. The highest BCUT2D eigenvalue weighted by Crippen LogP contribution is 2.29. The molecule has 4 rings (SSSR count). The molecule has 0 saturated heterocycles. The lowest BCUT2D eigenvalue weighted by atomic mass is 9.88. The van der Waals surface area contributed by atoms with Crippen LogP contribution in [0.1, 0.15) is 17.5 Å². The molecule has 0 fully saturated rings. The first-order valence-electron chi connectivity index (χ1n) is 7.10. The largest absolute Gasteiger partial charge is 0.261 e. The highest BCUT2D eigenvalue weighted by molar-refractivity contribution is 7.91. The smallest absolute Gasteiger partial charge is 0.250 e. The van der Waals surface area contributed by atoms with Gasteiger partial charge in [-0.2, -0.15) is 5.10 Å². The Morgan fingerprint density at radius 2 is 2.22 bits per heavy atom. The van der Waals surface area contributed by atoms with Crippen molar-refractivity contribution in [2.45, 2.75) is 29.5 Å². The van der Waals surface area contributed by atoms with Crippen LogP contribution in [0.5, 0.6) is 0 Å². The first-order valence-corrected chi connectivity index (χ1v) is 9.78. The van der Waals surface area contributed by atoms with Gasteiger partial charge >= 0.3 is 0 Å². The zero-order valence-electron chi connectivity index (χ0n) is 11.9. The van der Waals surface area contributed by atoms with E-state index >= 15 is 0 Å². The molecule has 120 valence electrons. The minimum atomic E-state index is -3.53. The monoisotopic (exact) mass is 368 g/mol. The van der Waals surface area contributed by atoms with E-state index < -0.39 is 10.0 Å². The molecule has 23 heavy (non-hydrogen) atoms. The molecule has 0 amide bonds. The van der Waals surface area contributed by atoms with Crippen LogP contribution in [-0.2, 0) is 22.9 Å². The summed E-state index contributed by atoms with van der Waals surface area (Å²) < 4.78 is 28.3. The first kappa shape index (κ1) is 15.1. The van der Waals surface area contributed by atoms with E-state index in [0.29, 0.717) is 10.8 Å². The van der Waals surface area contributed by atoms with Crippen molar-refractivity contribution in [2.24, 2.45) is 0 Å². The number of sulfonamides is 1. The van der Waals surface area contributed by atoms with Crippen molar-refractivity contribution in [2.75, 3.05) is 0 Å². The van der Waals surface area contributed by atoms with Gasteiger partial charge in [0, 0.05) is 17.6 Å². The van der Waals surface area contributed by atoms with Crippen LogP contribution < -0.4 is 4.72 Å². The topological polar surface area (TPSA) is 87.7 Å². The highest BCUT2D eigenvalue weighted by atomic mass is 35.5. The van der Waals surface area contributed by atoms with E-state index in [1.807, 2.05) is 0 Å². The number of nitrogens with one attached hydrogen (secondary N) is 2. The molecule has 3 aromatic heterocycles. The molecule has 6 nitrogen and oxygen atoms in total. The normalized spacial score (nSPS) is 18.2. The number of pyridine rings is 1. The average Bonchev–Trinajstić information content (AvgIpc) is 3.15. The van der Waals surface area contributed by atoms with Crippen LogP contribution in [0.3, 0.4) is 0 Å². The van der Waals surface area contributed by atoms with Gasteiger partial charge < -0.3 is 0 Å². The van der Waals surface area contributed by atoms with Gasteiger partial charge in [0.1, 0.15) is 4.21 Å². The van der Waals surface area contributed by atoms with Crippen molar-refractivity contribution >= 4 is 44.0 Å². The molecule has 0 saturated carbocycles. The average molecular weight is 369 g/mol. The van der Waals surface area contributed by atoms with E-state index in [2.05, 4.69) is 19.9 Å². The van der Waals surface area contributed by atoms with Gasteiger partial charge in [-0.3, -0.25) is 5.10 Å². The molecule has 3 aromatic rings. The number of hydrogen-bond acceptors (Lipinski definition) is 5. The molecular weight excluding hydrogens is 356 g/mol. The van der Waals surface area contributed by atoms with Gasteiger partial charge in [0.15, 0.2) is 5.65 Å². The van der Waals surface area contributed by atoms with Crippen LogP contribution in [0.2, 0.25) is 4.34 Å². The van der Waals surface area contributed by atoms with Crippen LogP contribution in [0.4, 0.5) is 0 Å². The molecule has 1 aliphatic rings. The van der Waals surface area contributed by atoms with Crippen LogP contribution in [0.25, 0.3) is 11.0 Å². The molecular formula is C14H13ClN4O2S2. The van der Waals surface area contributed by atoms with E-state index in [0.717, 1.165) is 40.8 Å². The molecule has 1 atom stereocenters. The number of hydrogen-bond donors (Lipinski definition) is 2. The van der Waals surface area contributed by atoms with E-state index in [9.17, 15) is 8.42 Å². The Kier molecular flexibility index (Phi) is 3.64. The van der Waals surface area contributed by atoms with Gasteiger partial charge in [-0.15, -0.1) is 11.3 Å². The van der Waals surface area contributed by atoms with Gasteiger partial charge in [-0.05, 0) is 42.5 Å². The highest BCUT2D eigenvalue weighted by Gasteiger charge is 2.26. The van der Waals surface area contributed by atoms with Crippen molar-refractivity contribution < 1.29 is 8.42 Å². The Hall–Kier alpha value is -1.48. The summed E-state index contributed by atoms with van der Waals surface area (Å²) in [5, 5.41) is 7.90. The van der Waals surface area contributed by atoms with Crippen molar-refractivity contribution in [3.8, 4) is 0 Å². The quantitative estimate of drug-likeness (QED) is 0.743. The van der Waals surface area contributed by atoms with Crippen molar-refractivity contribution in [3.63, 3.8) is 0 Å². The number of nitrogens with zero attached hydrogens (tertiary/aromatic N) is 2. The molecule has 0 aromatic carbocycles. The number of thiophene rings is 1. The number of rotatable bonds is 3. The number of fused-ring (bicyclic) bond motifs is 3. The summed E-state index contributed by atoms with van der Waals surface area (Å²) in [6.07, 6.45) is 5.75. The molecule has 0 bridgehead atoms. The molecule has 2 N–H and O–H groups in total. The summed E-state index contributed by atoms with van der Waals surface area (Å²) >= 11 is 6.89. The Morgan fingerprint density at radius 1 is 1.35 bits per heavy atom. The Morgan fingerprint density at radius 3 is 3.00 bits per heavy atom. The maximum absolute atomic E-state index is 12.4. The number of H-pyrrole nitrogens is 1. The number of aromatic amines is 1. The van der Waals surface area contributed by atoms with Crippen LogP contribution in [-0.4, -0.2) is 29.6 Å². The third-order valence-corrected chi connectivity index (χ3v) is 7.27. The summed E-state index contributed by atoms with van der Waals surface area (Å²) in [5.41, 5.74) is 3.05. The summed E-state index contributed by atoms with van der Waals surface area (Å²) in [5.74, 6) is 0. The lowest BCUT2D eigenvalue weighted by molar-refractivity contribution is 0.509. The van der Waals surface area contributed by atoms with Crippen molar-refractivity contribution in [1.82, 2.24) is 19.9 Å². The molecule has 3 heterocycles. The lowest BCUT2D eigenvalue weighted by Gasteiger charge is -2.25. The van der Waals surface area contributed by atoms with Crippen molar-refractivity contribution in [3.05, 3.63) is 40.0 Å². The van der Waals surface area contributed by atoms with Gasteiger partial charge in [0.05, 0.1) is 10.5 Å².